The molecule has 0 atom stereocenters. The molecule has 2 amide bonds. The molecule has 0 unspecified atom stereocenters. The highest BCUT2D eigenvalue weighted by atomic mass is 32.1. The lowest BCUT2D eigenvalue weighted by Gasteiger charge is -2.16. The van der Waals surface area contributed by atoms with Crippen LogP contribution >= 0.6 is 22.7 Å². The second-order valence-electron chi connectivity index (χ2n) is 6.00. The van der Waals surface area contributed by atoms with Crippen LogP contribution in [0.1, 0.15) is 27.3 Å². The lowest BCUT2D eigenvalue weighted by Crippen LogP contribution is -2.29. The smallest absolute Gasteiger partial charge is 0.267 e. The van der Waals surface area contributed by atoms with Crippen molar-refractivity contribution in [2.45, 2.75) is 19.3 Å². The van der Waals surface area contributed by atoms with Crippen molar-refractivity contribution in [2.24, 2.45) is 0 Å². The standard InChI is InChI=1S/C19H17N3O2S2/c23-17(22-10-9-13-4-1-2-5-15(13)22)8-7-14-12-26-19(20-14)21-18(24)16-6-3-11-25-16/h1-6,11-12H,7-10H2,(H,20,21,24). The molecule has 132 valence electrons. The Morgan fingerprint density at radius 3 is 2.88 bits per heavy atom. The number of aryl methyl sites for hydroxylation is 1. The SMILES string of the molecule is O=C(Nc1nc(CCC(=O)N2CCc3ccccc32)cs1)c1cccs1. The van der Waals surface area contributed by atoms with Crippen LogP contribution in [0, 0.1) is 0 Å². The van der Waals surface area contributed by atoms with Gasteiger partial charge in [0.15, 0.2) is 5.13 Å². The molecule has 2 aromatic heterocycles. The van der Waals surface area contributed by atoms with Gasteiger partial charge >= 0.3 is 0 Å². The molecule has 1 N–H and O–H groups in total. The molecule has 0 fully saturated rings. The molecule has 1 aliphatic rings. The largest absolute Gasteiger partial charge is 0.312 e. The number of rotatable bonds is 5. The van der Waals surface area contributed by atoms with E-state index in [-0.39, 0.29) is 11.8 Å². The molecule has 7 heteroatoms. The van der Waals surface area contributed by atoms with Gasteiger partial charge in [0.05, 0.1) is 10.6 Å². The van der Waals surface area contributed by atoms with Crippen LogP contribution < -0.4 is 10.2 Å². The molecule has 5 nitrogen and oxygen atoms in total. The van der Waals surface area contributed by atoms with E-state index in [0.29, 0.717) is 22.9 Å². The van der Waals surface area contributed by atoms with Gasteiger partial charge in [0, 0.05) is 24.0 Å². The molecule has 1 aromatic carbocycles. The molecule has 4 rings (SSSR count). The number of thiophene rings is 1. The van der Waals surface area contributed by atoms with Gasteiger partial charge in [-0.05, 0) is 35.9 Å². The fourth-order valence-corrected chi connectivity index (χ4v) is 4.37. The minimum absolute atomic E-state index is 0.118. The highest BCUT2D eigenvalue weighted by molar-refractivity contribution is 7.14. The summed E-state index contributed by atoms with van der Waals surface area (Å²) >= 11 is 2.78. The summed E-state index contributed by atoms with van der Waals surface area (Å²) in [5.74, 6) is -0.0298. The summed E-state index contributed by atoms with van der Waals surface area (Å²) in [6.07, 6.45) is 1.90. The van der Waals surface area contributed by atoms with E-state index >= 15 is 0 Å². The van der Waals surface area contributed by atoms with Gasteiger partial charge in [-0.1, -0.05) is 24.3 Å². The van der Waals surface area contributed by atoms with E-state index in [1.165, 1.54) is 28.2 Å². The molecule has 0 saturated carbocycles. The maximum absolute atomic E-state index is 12.6. The summed E-state index contributed by atoms with van der Waals surface area (Å²) in [6.45, 7) is 0.747. The fraction of sp³-hybridized carbons (Fsp3) is 0.211. The summed E-state index contributed by atoms with van der Waals surface area (Å²) in [6, 6.07) is 11.7. The number of nitrogens with one attached hydrogen (secondary N) is 1. The Balaban J connectivity index is 1.34. The quantitative estimate of drug-likeness (QED) is 0.725. The Morgan fingerprint density at radius 1 is 1.15 bits per heavy atom. The maximum atomic E-state index is 12.6. The number of carbonyl (C=O) groups is 2. The van der Waals surface area contributed by atoms with Crippen molar-refractivity contribution in [3.63, 3.8) is 0 Å². The van der Waals surface area contributed by atoms with Gasteiger partial charge in [-0.25, -0.2) is 4.98 Å². The lowest BCUT2D eigenvalue weighted by atomic mass is 10.2. The summed E-state index contributed by atoms with van der Waals surface area (Å²) < 4.78 is 0. The van der Waals surface area contributed by atoms with Crippen LogP contribution in [0.3, 0.4) is 0 Å². The highest BCUT2D eigenvalue weighted by Crippen LogP contribution is 2.28. The first-order chi connectivity index (χ1) is 12.7. The van der Waals surface area contributed by atoms with Gasteiger partial charge < -0.3 is 4.90 Å². The van der Waals surface area contributed by atoms with Gasteiger partial charge in [0.25, 0.3) is 5.91 Å². The average molecular weight is 383 g/mol. The summed E-state index contributed by atoms with van der Waals surface area (Å²) in [7, 11) is 0. The zero-order chi connectivity index (χ0) is 17.9. The molecule has 0 radical (unpaired) electrons. The molecule has 3 aromatic rings. The third-order valence-corrected chi connectivity index (χ3v) is 5.98. The van der Waals surface area contributed by atoms with Gasteiger partial charge in [-0.15, -0.1) is 22.7 Å². The van der Waals surface area contributed by atoms with Crippen molar-refractivity contribution < 1.29 is 9.59 Å². The van der Waals surface area contributed by atoms with E-state index in [9.17, 15) is 9.59 Å². The third-order valence-electron chi connectivity index (χ3n) is 4.30. The number of fused-ring (bicyclic) bond motifs is 1. The average Bonchev–Trinajstić information content (AvgIpc) is 3.39. The number of hydrogen-bond donors (Lipinski definition) is 1. The van der Waals surface area contributed by atoms with E-state index in [4.69, 9.17) is 0 Å². The van der Waals surface area contributed by atoms with E-state index in [0.717, 1.165) is 24.3 Å². The van der Waals surface area contributed by atoms with Crippen molar-refractivity contribution in [2.75, 3.05) is 16.8 Å². The normalized spacial score (nSPS) is 12.8. The summed E-state index contributed by atoms with van der Waals surface area (Å²) in [5, 5.41) is 7.13. The third kappa shape index (κ3) is 3.54. The lowest BCUT2D eigenvalue weighted by molar-refractivity contribution is -0.118. The Bertz CT molecular complexity index is 934. The maximum Gasteiger partial charge on any atom is 0.267 e. The van der Waals surface area contributed by atoms with Crippen LogP contribution in [0.25, 0.3) is 0 Å². The molecular weight excluding hydrogens is 366 g/mol. The van der Waals surface area contributed by atoms with E-state index < -0.39 is 0 Å². The monoisotopic (exact) mass is 383 g/mol. The van der Waals surface area contributed by atoms with Gasteiger partial charge in [0.1, 0.15) is 0 Å². The zero-order valence-electron chi connectivity index (χ0n) is 14.0. The van der Waals surface area contributed by atoms with E-state index in [1.807, 2.05) is 39.9 Å². The first-order valence-electron chi connectivity index (χ1n) is 8.38. The molecule has 0 saturated heterocycles. The van der Waals surface area contributed by atoms with Crippen LogP contribution in [0.15, 0.2) is 47.2 Å². The summed E-state index contributed by atoms with van der Waals surface area (Å²) in [5.41, 5.74) is 3.09. The Hall–Kier alpha value is -2.51. The number of carbonyl (C=O) groups excluding carboxylic acids is 2. The minimum atomic E-state index is -0.148. The van der Waals surface area contributed by atoms with Crippen molar-refractivity contribution in [1.29, 1.82) is 0 Å². The first kappa shape index (κ1) is 16.9. The second kappa shape index (κ2) is 7.39. The minimum Gasteiger partial charge on any atom is -0.312 e. The number of anilines is 2. The van der Waals surface area contributed by atoms with Gasteiger partial charge in [-0.3, -0.25) is 14.9 Å². The molecule has 3 heterocycles. The topological polar surface area (TPSA) is 62.3 Å². The molecule has 26 heavy (non-hydrogen) atoms. The van der Waals surface area contributed by atoms with E-state index in [1.54, 1.807) is 6.07 Å². The fourth-order valence-electron chi connectivity index (χ4n) is 3.01. The predicted octanol–water partition coefficient (Wildman–Crippen LogP) is 3.98. The number of thiazole rings is 1. The molecular formula is C19H17N3O2S2. The van der Waals surface area contributed by atoms with Crippen LogP contribution in [0.2, 0.25) is 0 Å². The zero-order valence-corrected chi connectivity index (χ0v) is 15.6. The number of amides is 2. The second-order valence-corrected chi connectivity index (χ2v) is 7.81. The van der Waals surface area contributed by atoms with Crippen molar-refractivity contribution in [3.05, 3.63) is 63.3 Å². The molecule has 0 aliphatic carbocycles. The number of hydrogen-bond acceptors (Lipinski definition) is 5. The first-order valence-corrected chi connectivity index (χ1v) is 10.1. The van der Waals surface area contributed by atoms with Gasteiger partial charge in [-0.2, -0.15) is 0 Å². The van der Waals surface area contributed by atoms with Crippen molar-refractivity contribution >= 4 is 45.3 Å². The number of benzene rings is 1. The predicted molar refractivity (Wildman–Crippen MR) is 105 cm³/mol. The van der Waals surface area contributed by atoms with Crippen LogP contribution in [-0.2, 0) is 17.6 Å². The molecule has 0 bridgehead atoms. The van der Waals surface area contributed by atoms with E-state index in [2.05, 4.69) is 16.4 Å². The van der Waals surface area contributed by atoms with Crippen molar-refractivity contribution in [3.8, 4) is 0 Å². The van der Waals surface area contributed by atoms with Crippen LogP contribution in [0.4, 0.5) is 10.8 Å². The number of nitrogens with zero attached hydrogens (tertiary/aromatic N) is 2. The van der Waals surface area contributed by atoms with Crippen LogP contribution in [0.5, 0.6) is 0 Å². The van der Waals surface area contributed by atoms with Crippen LogP contribution in [-0.4, -0.2) is 23.3 Å². The van der Waals surface area contributed by atoms with Gasteiger partial charge in [0.2, 0.25) is 5.91 Å². The Morgan fingerprint density at radius 2 is 2.04 bits per heavy atom. The number of aromatic nitrogens is 1. The molecule has 0 spiro atoms. The van der Waals surface area contributed by atoms with Crippen molar-refractivity contribution in [1.82, 2.24) is 4.98 Å². The molecule has 1 aliphatic heterocycles. The highest BCUT2D eigenvalue weighted by Gasteiger charge is 2.23. The number of para-hydroxylation sites is 1. The Kier molecular flexibility index (Phi) is 4.81. The Labute approximate surface area is 159 Å². The summed E-state index contributed by atoms with van der Waals surface area (Å²) in [4.78, 5) is 31.5.